The Bertz CT molecular complexity index is 591. The van der Waals surface area contributed by atoms with Gasteiger partial charge in [-0.15, -0.1) is 0 Å². The average Bonchev–Trinajstić information content (AvgIpc) is 2.38. The van der Waals surface area contributed by atoms with Crippen molar-refractivity contribution in [2.24, 2.45) is 5.84 Å². The molecule has 0 amide bonds. The SMILES string of the molecule is Cc1cc(C)cc(C(Cc2cc(F)ccc2F)NN)c1. The number of aryl methyl sites for hydroxylation is 2. The van der Waals surface area contributed by atoms with E-state index in [9.17, 15) is 8.78 Å². The van der Waals surface area contributed by atoms with Crippen molar-refractivity contribution in [1.29, 1.82) is 0 Å². The number of hydrogen-bond acceptors (Lipinski definition) is 2. The molecule has 2 rings (SSSR count). The van der Waals surface area contributed by atoms with E-state index in [4.69, 9.17) is 5.84 Å². The summed E-state index contributed by atoms with van der Waals surface area (Å²) in [6.07, 6.45) is 0.295. The van der Waals surface area contributed by atoms with E-state index < -0.39 is 11.6 Å². The third-order valence-electron chi connectivity index (χ3n) is 3.28. The van der Waals surface area contributed by atoms with Gasteiger partial charge in [0.1, 0.15) is 11.6 Å². The molecule has 0 heterocycles. The fourth-order valence-corrected chi connectivity index (χ4v) is 2.40. The molecule has 0 spiro atoms. The predicted molar refractivity (Wildman–Crippen MR) is 76.0 cm³/mol. The summed E-state index contributed by atoms with van der Waals surface area (Å²) in [5.74, 6) is 4.71. The molecule has 2 aromatic carbocycles. The zero-order valence-corrected chi connectivity index (χ0v) is 11.6. The van der Waals surface area contributed by atoms with Crippen molar-refractivity contribution >= 4 is 0 Å². The number of nitrogens with one attached hydrogen (secondary N) is 1. The second-order valence-electron chi connectivity index (χ2n) is 5.08. The zero-order valence-electron chi connectivity index (χ0n) is 11.6. The topological polar surface area (TPSA) is 38.0 Å². The van der Waals surface area contributed by atoms with Gasteiger partial charge in [0.05, 0.1) is 6.04 Å². The molecule has 4 heteroatoms. The molecule has 1 unspecified atom stereocenters. The van der Waals surface area contributed by atoms with Gasteiger partial charge in [-0.3, -0.25) is 11.3 Å². The third kappa shape index (κ3) is 3.40. The molecule has 20 heavy (non-hydrogen) atoms. The zero-order chi connectivity index (χ0) is 14.7. The van der Waals surface area contributed by atoms with Crippen LogP contribution in [0.25, 0.3) is 0 Å². The molecule has 0 aliphatic rings. The Morgan fingerprint density at radius 1 is 1.05 bits per heavy atom. The second-order valence-corrected chi connectivity index (χ2v) is 5.08. The molecule has 106 valence electrons. The lowest BCUT2D eigenvalue weighted by molar-refractivity contribution is 0.522. The molecule has 0 aliphatic heterocycles. The minimum Gasteiger partial charge on any atom is -0.271 e. The molecular formula is C16H18F2N2. The van der Waals surface area contributed by atoms with Crippen LogP contribution < -0.4 is 11.3 Å². The number of hydrogen-bond donors (Lipinski definition) is 2. The normalized spacial score (nSPS) is 12.4. The highest BCUT2D eigenvalue weighted by Gasteiger charge is 2.14. The first-order valence-corrected chi connectivity index (χ1v) is 6.48. The number of nitrogens with two attached hydrogens (primary N) is 1. The highest BCUT2D eigenvalue weighted by molar-refractivity contribution is 5.32. The molecule has 2 nitrogen and oxygen atoms in total. The van der Waals surface area contributed by atoms with Gasteiger partial charge in [-0.2, -0.15) is 0 Å². The molecule has 0 radical (unpaired) electrons. The van der Waals surface area contributed by atoms with E-state index in [0.29, 0.717) is 12.0 Å². The van der Waals surface area contributed by atoms with Crippen LogP contribution in [0, 0.1) is 25.5 Å². The van der Waals surface area contributed by atoms with Crippen LogP contribution in [0.5, 0.6) is 0 Å². The molecule has 1 atom stereocenters. The van der Waals surface area contributed by atoms with Crippen LogP contribution in [0.15, 0.2) is 36.4 Å². The minimum atomic E-state index is -0.447. The molecular weight excluding hydrogens is 258 g/mol. The summed E-state index contributed by atoms with van der Waals surface area (Å²) in [6, 6.07) is 9.25. The Kier molecular flexibility index (Phi) is 4.47. The fraction of sp³-hybridized carbons (Fsp3) is 0.250. The molecule has 0 saturated heterocycles. The fourth-order valence-electron chi connectivity index (χ4n) is 2.40. The smallest absolute Gasteiger partial charge is 0.126 e. The van der Waals surface area contributed by atoms with Gasteiger partial charge in [0.25, 0.3) is 0 Å². The van der Waals surface area contributed by atoms with Crippen LogP contribution in [0.2, 0.25) is 0 Å². The van der Waals surface area contributed by atoms with Crippen molar-refractivity contribution in [3.8, 4) is 0 Å². The van der Waals surface area contributed by atoms with E-state index in [-0.39, 0.29) is 6.04 Å². The highest BCUT2D eigenvalue weighted by Crippen LogP contribution is 2.22. The van der Waals surface area contributed by atoms with Crippen molar-refractivity contribution in [2.45, 2.75) is 26.3 Å². The van der Waals surface area contributed by atoms with E-state index in [1.165, 1.54) is 6.07 Å². The summed E-state index contributed by atoms with van der Waals surface area (Å²) in [7, 11) is 0. The minimum absolute atomic E-state index is 0.259. The van der Waals surface area contributed by atoms with Crippen LogP contribution in [-0.4, -0.2) is 0 Å². The van der Waals surface area contributed by atoms with Crippen LogP contribution in [0.4, 0.5) is 8.78 Å². The lowest BCUT2D eigenvalue weighted by Gasteiger charge is -2.18. The lowest BCUT2D eigenvalue weighted by atomic mass is 9.96. The molecule has 3 N–H and O–H groups in total. The lowest BCUT2D eigenvalue weighted by Crippen LogP contribution is -2.30. The summed E-state index contributed by atoms with van der Waals surface area (Å²) in [4.78, 5) is 0. The van der Waals surface area contributed by atoms with Gasteiger partial charge in [0.2, 0.25) is 0 Å². The molecule has 0 aromatic heterocycles. The van der Waals surface area contributed by atoms with Crippen molar-refractivity contribution in [2.75, 3.05) is 0 Å². The molecule has 2 aromatic rings. The van der Waals surface area contributed by atoms with E-state index in [2.05, 4.69) is 11.5 Å². The van der Waals surface area contributed by atoms with Gasteiger partial charge in [0.15, 0.2) is 0 Å². The monoisotopic (exact) mass is 276 g/mol. The van der Waals surface area contributed by atoms with Gasteiger partial charge in [-0.05, 0) is 49.6 Å². The van der Waals surface area contributed by atoms with Crippen molar-refractivity contribution in [3.05, 3.63) is 70.3 Å². The standard InChI is InChI=1S/C16H18F2N2/c1-10-5-11(2)7-13(6-10)16(20-19)9-12-8-14(17)3-4-15(12)18/h3-8,16,20H,9,19H2,1-2H3. The molecule has 0 aliphatic carbocycles. The first-order valence-electron chi connectivity index (χ1n) is 6.48. The maximum absolute atomic E-state index is 13.7. The Hall–Kier alpha value is -1.78. The Morgan fingerprint density at radius 3 is 2.30 bits per heavy atom. The molecule has 0 saturated carbocycles. The predicted octanol–water partition coefficient (Wildman–Crippen LogP) is 3.33. The van der Waals surface area contributed by atoms with Crippen LogP contribution in [0.3, 0.4) is 0 Å². The summed E-state index contributed by atoms with van der Waals surface area (Å²) < 4.78 is 26.9. The number of hydrazine groups is 1. The van der Waals surface area contributed by atoms with Crippen LogP contribution in [-0.2, 0) is 6.42 Å². The number of benzene rings is 2. The van der Waals surface area contributed by atoms with Gasteiger partial charge >= 0.3 is 0 Å². The van der Waals surface area contributed by atoms with Crippen LogP contribution in [0.1, 0.15) is 28.3 Å². The van der Waals surface area contributed by atoms with Crippen molar-refractivity contribution in [1.82, 2.24) is 5.43 Å². The third-order valence-corrected chi connectivity index (χ3v) is 3.28. The van der Waals surface area contributed by atoms with Crippen molar-refractivity contribution < 1.29 is 8.78 Å². The summed E-state index contributed by atoms with van der Waals surface area (Å²) in [6.45, 7) is 3.99. The highest BCUT2D eigenvalue weighted by atomic mass is 19.1. The van der Waals surface area contributed by atoms with Gasteiger partial charge in [-0.1, -0.05) is 29.3 Å². The summed E-state index contributed by atoms with van der Waals surface area (Å²) in [5.41, 5.74) is 6.18. The Balaban J connectivity index is 2.30. The van der Waals surface area contributed by atoms with Gasteiger partial charge in [0, 0.05) is 0 Å². The Labute approximate surface area is 117 Å². The summed E-state index contributed by atoms with van der Waals surface area (Å²) >= 11 is 0. The summed E-state index contributed by atoms with van der Waals surface area (Å²) in [5, 5.41) is 0. The number of rotatable bonds is 4. The van der Waals surface area contributed by atoms with E-state index in [1.807, 2.05) is 26.0 Å². The maximum atomic E-state index is 13.7. The second kappa shape index (κ2) is 6.11. The molecule has 0 bridgehead atoms. The first kappa shape index (κ1) is 14.6. The number of halogens is 2. The average molecular weight is 276 g/mol. The quantitative estimate of drug-likeness (QED) is 0.664. The van der Waals surface area contributed by atoms with E-state index in [0.717, 1.165) is 28.8 Å². The van der Waals surface area contributed by atoms with Gasteiger partial charge in [-0.25, -0.2) is 8.78 Å². The van der Waals surface area contributed by atoms with Gasteiger partial charge < -0.3 is 0 Å². The van der Waals surface area contributed by atoms with E-state index >= 15 is 0 Å². The van der Waals surface area contributed by atoms with Crippen LogP contribution >= 0.6 is 0 Å². The largest absolute Gasteiger partial charge is 0.271 e. The molecule has 0 fully saturated rings. The van der Waals surface area contributed by atoms with E-state index in [1.54, 1.807) is 0 Å². The first-order chi connectivity index (χ1) is 9.49. The maximum Gasteiger partial charge on any atom is 0.126 e. The van der Waals surface area contributed by atoms with Crippen molar-refractivity contribution in [3.63, 3.8) is 0 Å². The Morgan fingerprint density at radius 2 is 1.70 bits per heavy atom.